The molecule has 2 aliphatic rings. The van der Waals surface area contributed by atoms with Gasteiger partial charge in [0, 0.05) is 38.6 Å². The van der Waals surface area contributed by atoms with Gasteiger partial charge in [0.15, 0.2) is 0 Å². The molecular formula is C18H21F3N2O3. The number of fused-ring (bicyclic) bond motifs is 1. The number of rotatable bonds is 3. The first-order valence-electron chi connectivity index (χ1n) is 8.47. The molecule has 2 saturated heterocycles. The van der Waals surface area contributed by atoms with Crippen molar-refractivity contribution < 1.29 is 27.5 Å². The molecule has 0 aliphatic carbocycles. The number of likely N-dealkylation sites (tertiary alicyclic amines) is 2. The zero-order chi connectivity index (χ0) is 18.9. The van der Waals surface area contributed by atoms with Crippen LogP contribution in [0.5, 0.6) is 0 Å². The van der Waals surface area contributed by atoms with Gasteiger partial charge in [0.1, 0.15) is 0 Å². The maximum atomic E-state index is 12.8. The number of hydrogen-bond acceptors (Lipinski definition) is 4. The highest BCUT2D eigenvalue weighted by atomic mass is 19.4. The minimum absolute atomic E-state index is 0.0846. The van der Waals surface area contributed by atoms with E-state index in [9.17, 15) is 22.8 Å². The molecule has 2 fully saturated rings. The Balaban J connectivity index is 1.78. The highest BCUT2D eigenvalue weighted by Crippen LogP contribution is 2.44. The molecule has 0 N–H and O–H groups in total. The van der Waals surface area contributed by atoms with Crippen LogP contribution >= 0.6 is 0 Å². The number of halogens is 3. The first-order valence-corrected chi connectivity index (χ1v) is 8.47. The summed E-state index contributed by atoms with van der Waals surface area (Å²) in [6.07, 6.45) is -4.72. The van der Waals surface area contributed by atoms with Crippen LogP contribution in [0.3, 0.4) is 0 Å². The molecule has 0 saturated carbocycles. The van der Waals surface area contributed by atoms with Gasteiger partial charge in [0.05, 0.1) is 12.5 Å². The Hall–Kier alpha value is -2.09. The van der Waals surface area contributed by atoms with Crippen LogP contribution in [0.4, 0.5) is 13.2 Å². The van der Waals surface area contributed by atoms with Gasteiger partial charge in [-0.25, -0.2) is 0 Å². The molecule has 26 heavy (non-hydrogen) atoms. The number of alkyl halides is 3. The first-order chi connectivity index (χ1) is 12.3. The molecular weight excluding hydrogens is 349 g/mol. The number of benzene rings is 1. The average molecular weight is 370 g/mol. The van der Waals surface area contributed by atoms with Gasteiger partial charge in [-0.3, -0.25) is 14.5 Å². The van der Waals surface area contributed by atoms with E-state index in [-0.39, 0.29) is 25.4 Å². The SMILES string of the molecule is COC(=O)[C@@]12CCN(C(=O)C(F)(F)F)C[C@@H]1CN(Cc1ccccc1)C2. The minimum atomic E-state index is -4.90. The molecule has 0 aromatic heterocycles. The molecule has 3 rings (SSSR count). The van der Waals surface area contributed by atoms with Crippen LogP contribution in [0, 0.1) is 11.3 Å². The number of nitrogens with zero attached hydrogens (tertiary/aromatic N) is 2. The summed E-state index contributed by atoms with van der Waals surface area (Å²) in [4.78, 5) is 26.9. The maximum absolute atomic E-state index is 12.8. The number of carbonyl (C=O) groups is 2. The second-order valence-electron chi connectivity index (χ2n) is 7.00. The quantitative estimate of drug-likeness (QED) is 0.765. The van der Waals surface area contributed by atoms with E-state index in [1.54, 1.807) is 0 Å². The zero-order valence-electron chi connectivity index (χ0n) is 14.5. The van der Waals surface area contributed by atoms with E-state index < -0.39 is 23.5 Å². The number of esters is 1. The van der Waals surface area contributed by atoms with Gasteiger partial charge in [-0.2, -0.15) is 13.2 Å². The van der Waals surface area contributed by atoms with E-state index in [4.69, 9.17) is 4.74 Å². The van der Waals surface area contributed by atoms with Crippen molar-refractivity contribution >= 4 is 11.9 Å². The number of carbonyl (C=O) groups excluding carboxylic acids is 2. The third-order valence-electron chi connectivity index (χ3n) is 5.41. The van der Waals surface area contributed by atoms with Crippen molar-refractivity contribution in [2.75, 3.05) is 33.3 Å². The molecule has 0 unspecified atom stereocenters. The predicted octanol–water partition coefficient (Wildman–Crippen LogP) is 2.07. The van der Waals surface area contributed by atoms with Gasteiger partial charge in [-0.15, -0.1) is 0 Å². The summed E-state index contributed by atoms with van der Waals surface area (Å²) in [5.74, 6) is -2.62. The summed E-state index contributed by atoms with van der Waals surface area (Å²) < 4.78 is 43.3. The highest BCUT2D eigenvalue weighted by molar-refractivity contribution is 5.83. The van der Waals surface area contributed by atoms with E-state index in [1.165, 1.54) is 7.11 Å². The van der Waals surface area contributed by atoms with Gasteiger partial charge < -0.3 is 9.64 Å². The van der Waals surface area contributed by atoms with Crippen molar-refractivity contribution in [2.45, 2.75) is 19.1 Å². The standard InChI is InChI=1S/C18H21F3N2O3/c1-26-16(25)17-7-8-23(15(24)18(19,20)21)11-14(17)10-22(12-17)9-13-5-3-2-4-6-13/h2-6,14H,7-12H2,1H3/t14-,17+/m0/s1. The molecule has 0 spiro atoms. The lowest BCUT2D eigenvalue weighted by molar-refractivity contribution is -0.190. The Kier molecular flexibility index (Phi) is 4.96. The Bertz CT molecular complexity index is 680. The topological polar surface area (TPSA) is 49.9 Å². The van der Waals surface area contributed by atoms with E-state index in [2.05, 4.69) is 4.90 Å². The number of piperidine rings is 1. The normalized spacial score (nSPS) is 26.5. The molecule has 0 radical (unpaired) electrons. The summed E-state index contributed by atoms with van der Waals surface area (Å²) in [6.45, 7) is 1.30. The van der Waals surface area contributed by atoms with Gasteiger partial charge in [-0.05, 0) is 12.0 Å². The van der Waals surface area contributed by atoms with Gasteiger partial charge in [0.25, 0.3) is 0 Å². The fourth-order valence-corrected chi connectivity index (χ4v) is 4.15. The molecule has 1 aromatic rings. The third kappa shape index (κ3) is 3.42. The fourth-order valence-electron chi connectivity index (χ4n) is 4.15. The van der Waals surface area contributed by atoms with Crippen LogP contribution in [0.15, 0.2) is 30.3 Å². The lowest BCUT2D eigenvalue weighted by atomic mass is 9.72. The molecule has 5 nitrogen and oxygen atoms in total. The van der Waals surface area contributed by atoms with Gasteiger partial charge in [-0.1, -0.05) is 30.3 Å². The van der Waals surface area contributed by atoms with Crippen LogP contribution in [0.25, 0.3) is 0 Å². The smallest absolute Gasteiger partial charge is 0.469 e. The lowest BCUT2D eigenvalue weighted by Crippen LogP contribution is -2.55. The second kappa shape index (κ2) is 6.90. The summed E-state index contributed by atoms with van der Waals surface area (Å²) in [5, 5.41) is 0. The van der Waals surface area contributed by atoms with Crippen molar-refractivity contribution in [1.82, 2.24) is 9.80 Å². The molecule has 2 atom stereocenters. The molecule has 2 aliphatic heterocycles. The summed E-state index contributed by atoms with van der Waals surface area (Å²) in [6, 6.07) is 9.67. The lowest BCUT2D eigenvalue weighted by Gasteiger charge is -2.41. The van der Waals surface area contributed by atoms with Crippen LogP contribution in [-0.4, -0.2) is 61.1 Å². The molecule has 0 bridgehead atoms. The first kappa shape index (κ1) is 18.7. The zero-order valence-corrected chi connectivity index (χ0v) is 14.5. The van der Waals surface area contributed by atoms with Crippen molar-refractivity contribution in [1.29, 1.82) is 0 Å². The molecule has 2 heterocycles. The van der Waals surface area contributed by atoms with Crippen molar-refractivity contribution in [3.8, 4) is 0 Å². The fraction of sp³-hybridized carbons (Fsp3) is 0.556. The third-order valence-corrected chi connectivity index (χ3v) is 5.41. The van der Waals surface area contributed by atoms with Crippen molar-refractivity contribution in [3.63, 3.8) is 0 Å². The Morgan fingerprint density at radius 2 is 1.92 bits per heavy atom. The van der Waals surface area contributed by atoms with E-state index in [0.717, 1.165) is 10.5 Å². The van der Waals surface area contributed by atoms with Gasteiger partial charge in [0.2, 0.25) is 0 Å². The van der Waals surface area contributed by atoms with Crippen LogP contribution in [0.1, 0.15) is 12.0 Å². The van der Waals surface area contributed by atoms with E-state index in [0.29, 0.717) is 19.6 Å². The van der Waals surface area contributed by atoms with Crippen molar-refractivity contribution in [2.24, 2.45) is 11.3 Å². The minimum Gasteiger partial charge on any atom is -0.469 e. The highest BCUT2D eigenvalue weighted by Gasteiger charge is 2.57. The molecule has 1 aromatic carbocycles. The molecule has 8 heteroatoms. The number of ether oxygens (including phenoxy) is 1. The molecule has 1 amide bonds. The van der Waals surface area contributed by atoms with Crippen LogP contribution in [0.2, 0.25) is 0 Å². The summed E-state index contributed by atoms with van der Waals surface area (Å²) in [7, 11) is 1.29. The average Bonchev–Trinajstić information content (AvgIpc) is 2.98. The largest absolute Gasteiger partial charge is 0.471 e. The maximum Gasteiger partial charge on any atom is 0.471 e. The Labute approximate surface area is 149 Å². The second-order valence-corrected chi connectivity index (χ2v) is 7.00. The Morgan fingerprint density at radius 1 is 1.23 bits per heavy atom. The Morgan fingerprint density at radius 3 is 2.54 bits per heavy atom. The van der Waals surface area contributed by atoms with Crippen molar-refractivity contribution in [3.05, 3.63) is 35.9 Å². The summed E-state index contributed by atoms with van der Waals surface area (Å²) in [5.41, 5.74) is 0.209. The number of methoxy groups -OCH3 is 1. The predicted molar refractivity (Wildman–Crippen MR) is 86.9 cm³/mol. The van der Waals surface area contributed by atoms with Crippen LogP contribution in [-0.2, 0) is 20.9 Å². The van der Waals surface area contributed by atoms with Gasteiger partial charge >= 0.3 is 18.1 Å². The monoisotopic (exact) mass is 370 g/mol. The summed E-state index contributed by atoms with van der Waals surface area (Å²) >= 11 is 0. The van der Waals surface area contributed by atoms with E-state index in [1.807, 2.05) is 30.3 Å². The van der Waals surface area contributed by atoms with Crippen LogP contribution < -0.4 is 0 Å². The molecule has 142 valence electrons. The van der Waals surface area contributed by atoms with E-state index >= 15 is 0 Å². The number of amides is 1. The number of hydrogen-bond donors (Lipinski definition) is 0.